The predicted octanol–water partition coefficient (Wildman–Crippen LogP) is 7.66. The van der Waals surface area contributed by atoms with Gasteiger partial charge in [0.15, 0.2) is 0 Å². The van der Waals surface area contributed by atoms with Gasteiger partial charge in [0.2, 0.25) is 0 Å². The summed E-state index contributed by atoms with van der Waals surface area (Å²) >= 11 is 0. The molecule has 0 N–H and O–H groups in total. The van der Waals surface area contributed by atoms with Crippen LogP contribution in [-0.2, 0) is 9.53 Å². The number of carbonyl (C=O) groups is 2. The van der Waals surface area contributed by atoms with Crippen LogP contribution in [0.3, 0.4) is 0 Å². The minimum Gasteiger partial charge on any atom is -0.448 e. The first-order chi connectivity index (χ1) is 17.7. The minimum atomic E-state index is -0.195. The maximum absolute atomic E-state index is 13.4. The molecule has 2 heterocycles. The fourth-order valence-electron chi connectivity index (χ4n) is 6.76. The van der Waals surface area contributed by atoms with Crippen LogP contribution >= 0.6 is 0 Å². The van der Waals surface area contributed by atoms with Crippen molar-refractivity contribution in [1.82, 2.24) is 4.90 Å². The number of allylic oxidation sites excluding steroid dienone is 1. The van der Waals surface area contributed by atoms with Crippen LogP contribution in [0, 0.1) is 5.92 Å². The Morgan fingerprint density at radius 3 is 2.14 bits per heavy atom. The van der Waals surface area contributed by atoms with Crippen molar-refractivity contribution in [3.8, 4) is 11.1 Å². The van der Waals surface area contributed by atoms with Gasteiger partial charge in [0.1, 0.15) is 12.4 Å². The number of piperidine rings is 2. The summed E-state index contributed by atoms with van der Waals surface area (Å²) in [6.07, 6.45) is 12.6. The van der Waals surface area contributed by atoms with E-state index < -0.39 is 0 Å². The fraction of sp³-hybridized carbons (Fsp3) is 0.500. The van der Waals surface area contributed by atoms with E-state index in [1.54, 1.807) is 0 Å². The van der Waals surface area contributed by atoms with Gasteiger partial charge < -0.3 is 9.64 Å². The number of hydrogen-bond donors (Lipinski definition) is 0. The van der Waals surface area contributed by atoms with E-state index in [0.29, 0.717) is 18.8 Å². The van der Waals surface area contributed by atoms with Gasteiger partial charge in [0, 0.05) is 30.3 Å². The van der Waals surface area contributed by atoms with Gasteiger partial charge in [-0.05, 0) is 73.6 Å². The molecule has 2 fully saturated rings. The second kappa shape index (κ2) is 11.5. The number of rotatable bonds is 10. The van der Waals surface area contributed by atoms with E-state index in [1.807, 2.05) is 11.0 Å². The average Bonchev–Trinajstić information content (AvgIpc) is 3.22. The van der Waals surface area contributed by atoms with E-state index in [1.165, 1.54) is 35.1 Å². The number of Topliss-reactive ketones (excluding diaryl/α,β-unsaturated/α-hetero) is 1. The monoisotopic (exact) mass is 485 g/mol. The van der Waals surface area contributed by atoms with Crippen LogP contribution in [0.4, 0.5) is 4.79 Å². The molecule has 0 saturated carbocycles. The summed E-state index contributed by atoms with van der Waals surface area (Å²) in [7, 11) is 0. The molecule has 1 aliphatic carbocycles. The Bertz CT molecular complexity index is 1030. The molecule has 2 bridgehead atoms. The van der Waals surface area contributed by atoms with Gasteiger partial charge in [-0.25, -0.2) is 4.79 Å². The molecule has 2 atom stereocenters. The number of fused-ring (bicyclic) bond motifs is 5. The highest BCUT2D eigenvalue weighted by atomic mass is 16.6. The third kappa shape index (κ3) is 5.14. The van der Waals surface area contributed by atoms with Crippen molar-refractivity contribution in [1.29, 1.82) is 0 Å². The van der Waals surface area contributed by atoms with Crippen LogP contribution < -0.4 is 0 Å². The van der Waals surface area contributed by atoms with Crippen LogP contribution in [0.15, 0.2) is 61.2 Å². The van der Waals surface area contributed by atoms with E-state index >= 15 is 0 Å². The van der Waals surface area contributed by atoms with Crippen molar-refractivity contribution in [3.05, 3.63) is 72.3 Å². The van der Waals surface area contributed by atoms with Crippen molar-refractivity contribution in [3.63, 3.8) is 0 Å². The molecule has 0 aromatic heterocycles. The van der Waals surface area contributed by atoms with Crippen molar-refractivity contribution in [2.24, 2.45) is 5.92 Å². The van der Waals surface area contributed by atoms with Gasteiger partial charge in [-0.2, -0.15) is 0 Å². The lowest BCUT2D eigenvalue weighted by molar-refractivity contribution is -0.126. The summed E-state index contributed by atoms with van der Waals surface area (Å²) < 4.78 is 6.02. The average molecular weight is 486 g/mol. The van der Waals surface area contributed by atoms with Crippen LogP contribution in [0.1, 0.15) is 87.7 Å². The normalized spacial score (nSPS) is 22.6. The van der Waals surface area contributed by atoms with Gasteiger partial charge >= 0.3 is 6.09 Å². The summed E-state index contributed by atoms with van der Waals surface area (Å²) in [6, 6.07) is 17.1. The van der Waals surface area contributed by atoms with E-state index in [9.17, 15) is 9.59 Å². The molecule has 2 unspecified atom stereocenters. The zero-order chi connectivity index (χ0) is 24.9. The highest BCUT2D eigenvalue weighted by Crippen LogP contribution is 2.45. The molecule has 2 aromatic rings. The van der Waals surface area contributed by atoms with Gasteiger partial charge in [-0.15, -0.1) is 6.58 Å². The molecule has 2 aromatic carbocycles. The molecule has 2 saturated heterocycles. The molecule has 2 aliphatic heterocycles. The van der Waals surface area contributed by atoms with Gasteiger partial charge in [0.25, 0.3) is 0 Å². The van der Waals surface area contributed by atoms with Gasteiger partial charge in [0.05, 0.1) is 0 Å². The summed E-state index contributed by atoms with van der Waals surface area (Å²) in [5.41, 5.74) is 4.96. The maximum Gasteiger partial charge on any atom is 0.410 e. The Hall–Kier alpha value is -2.88. The van der Waals surface area contributed by atoms with E-state index in [4.69, 9.17) is 4.74 Å². The zero-order valence-electron chi connectivity index (χ0n) is 21.4. The Labute approximate surface area is 215 Å². The van der Waals surface area contributed by atoms with Gasteiger partial charge in [-0.1, -0.05) is 67.4 Å². The molecule has 4 nitrogen and oxygen atoms in total. The first-order valence-corrected chi connectivity index (χ1v) is 13.9. The first-order valence-electron chi connectivity index (χ1n) is 13.9. The number of ketones is 1. The van der Waals surface area contributed by atoms with E-state index in [-0.39, 0.29) is 30.0 Å². The number of amides is 1. The van der Waals surface area contributed by atoms with Crippen LogP contribution in [0.5, 0.6) is 0 Å². The molecule has 36 heavy (non-hydrogen) atoms. The second-order valence-electron chi connectivity index (χ2n) is 10.8. The Kier molecular flexibility index (Phi) is 7.89. The lowest BCUT2D eigenvalue weighted by atomic mass is 9.76. The third-order valence-electron chi connectivity index (χ3n) is 8.56. The number of carbonyl (C=O) groups excluding carboxylic acids is 2. The first kappa shape index (κ1) is 24.8. The lowest BCUT2D eigenvalue weighted by Gasteiger charge is -2.47. The highest BCUT2D eigenvalue weighted by molar-refractivity contribution is 5.82. The quantitative estimate of drug-likeness (QED) is 0.256. The number of ether oxygens (including phenoxy) is 1. The highest BCUT2D eigenvalue weighted by Gasteiger charge is 2.43. The van der Waals surface area contributed by atoms with E-state index in [2.05, 4.69) is 55.1 Å². The van der Waals surface area contributed by atoms with Crippen LogP contribution in [0.2, 0.25) is 0 Å². The zero-order valence-corrected chi connectivity index (χ0v) is 21.4. The SMILES string of the molecule is C=CCCCCCCC(=O)C1CC2CCCC(C1)N2C(=O)OCC1c2ccccc2-c2ccccc21. The minimum absolute atomic E-state index is 0.0757. The van der Waals surface area contributed by atoms with Crippen molar-refractivity contribution in [2.75, 3.05) is 6.61 Å². The predicted molar refractivity (Wildman–Crippen MR) is 144 cm³/mol. The number of nitrogens with zero attached hydrogens (tertiary/aromatic N) is 1. The Balaban J connectivity index is 1.18. The Morgan fingerprint density at radius 2 is 1.50 bits per heavy atom. The summed E-state index contributed by atoms with van der Waals surface area (Å²) in [4.78, 5) is 28.4. The molecule has 190 valence electrons. The molecule has 0 radical (unpaired) electrons. The van der Waals surface area contributed by atoms with Crippen molar-refractivity contribution in [2.45, 2.75) is 88.6 Å². The number of benzene rings is 2. The maximum atomic E-state index is 13.4. The largest absolute Gasteiger partial charge is 0.448 e. The molecule has 1 amide bonds. The molecular weight excluding hydrogens is 446 g/mol. The molecule has 4 heteroatoms. The topological polar surface area (TPSA) is 46.6 Å². The van der Waals surface area contributed by atoms with Crippen LogP contribution in [-0.4, -0.2) is 35.5 Å². The molecule has 3 aliphatic rings. The van der Waals surface area contributed by atoms with Crippen LogP contribution in [0.25, 0.3) is 11.1 Å². The molecule has 5 rings (SSSR count). The Morgan fingerprint density at radius 1 is 0.889 bits per heavy atom. The van der Waals surface area contributed by atoms with Gasteiger partial charge in [-0.3, -0.25) is 4.79 Å². The smallest absolute Gasteiger partial charge is 0.410 e. The summed E-state index contributed by atoms with van der Waals surface area (Å²) in [5, 5.41) is 0. The molecular formula is C32H39NO3. The van der Waals surface area contributed by atoms with Crippen molar-refractivity contribution >= 4 is 11.9 Å². The van der Waals surface area contributed by atoms with E-state index in [0.717, 1.165) is 51.4 Å². The third-order valence-corrected chi connectivity index (χ3v) is 8.56. The number of hydrogen-bond acceptors (Lipinski definition) is 3. The standard InChI is InChI=1S/C32H39NO3/c1-2-3-4-5-6-7-19-31(34)23-20-24-13-12-14-25(21-23)33(24)32(35)36-22-30-28-17-10-8-15-26(28)27-16-9-11-18-29(27)30/h2,8-11,15-18,23-25,30H,1,3-7,12-14,19-22H2. The fourth-order valence-corrected chi connectivity index (χ4v) is 6.76. The summed E-state index contributed by atoms with van der Waals surface area (Å²) in [5.74, 6) is 0.584. The summed E-state index contributed by atoms with van der Waals surface area (Å²) in [6.45, 7) is 4.13. The van der Waals surface area contributed by atoms with Crippen molar-refractivity contribution < 1.29 is 14.3 Å². The second-order valence-corrected chi connectivity index (χ2v) is 10.8. The number of unbranched alkanes of at least 4 members (excludes halogenated alkanes) is 4. The molecule has 0 spiro atoms. The lowest BCUT2D eigenvalue weighted by Crippen LogP contribution is -2.55.